The molecule has 1 N–H and O–H groups in total. The number of rotatable bonds is 6. The summed E-state index contributed by atoms with van der Waals surface area (Å²) in [6.45, 7) is 2.14. The second-order valence-electron chi connectivity index (χ2n) is 5.17. The van der Waals surface area contributed by atoms with E-state index in [0.29, 0.717) is 0 Å². The van der Waals surface area contributed by atoms with Crippen LogP contribution in [-0.4, -0.2) is 19.1 Å². The maximum Gasteiger partial charge on any atom is 0.322 e. The summed E-state index contributed by atoms with van der Waals surface area (Å²) in [7, 11) is 1.46. The van der Waals surface area contributed by atoms with E-state index in [-0.39, 0.29) is 18.1 Å². The normalized spacial score (nSPS) is 18.9. The molecule has 1 aromatic rings. The van der Waals surface area contributed by atoms with Crippen LogP contribution < -0.4 is 5.32 Å². The lowest BCUT2D eigenvalue weighted by Gasteiger charge is -2.21. The molecule has 0 radical (unpaired) electrons. The van der Waals surface area contributed by atoms with Gasteiger partial charge in [0, 0.05) is 6.04 Å². The molecule has 3 heteroatoms. The molecule has 2 unspecified atom stereocenters. The van der Waals surface area contributed by atoms with Gasteiger partial charge in [0.25, 0.3) is 0 Å². The summed E-state index contributed by atoms with van der Waals surface area (Å²) in [6, 6.07) is 8.59. The lowest BCUT2D eigenvalue weighted by Crippen LogP contribution is -2.39. The molecule has 0 fully saturated rings. The van der Waals surface area contributed by atoms with Crippen LogP contribution in [0, 0.1) is 0 Å². The van der Waals surface area contributed by atoms with E-state index in [1.165, 1.54) is 18.2 Å². The van der Waals surface area contributed by atoms with E-state index in [4.69, 9.17) is 4.74 Å². The molecular weight excluding hydrogens is 238 g/mol. The van der Waals surface area contributed by atoms with E-state index in [9.17, 15) is 4.79 Å². The first-order valence-electron chi connectivity index (χ1n) is 7.18. The third-order valence-electron chi connectivity index (χ3n) is 3.87. The number of unbranched alkanes of at least 4 members (excludes halogenated alkanes) is 1. The number of carbonyl (C=O) groups is 1. The molecule has 1 aromatic carbocycles. The van der Waals surface area contributed by atoms with Crippen LogP contribution in [0.4, 0.5) is 0 Å². The molecule has 0 amide bonds. The molecule has 1 aliphatic rings. The topological polar surface area (TPSA) is 38.3 Å². The SMILES string of the molecule is CCCCC(NC1CCc2ccccc21)C(=O)OC. The van der Waals surface area contributed by atoms with Crippen molar-refractivity contribution in [1.82, 2.24) is 5.32 Å². The van der Waals surface area contributed by atoms with E-state index in [1.54, 1.807) is 0 Å². The Bertz CT molecular complexity index is 431. The zero-order chi connectivity index (χ0) is 13.7. The molecule has 0 saturated heterocycles. The van der Waals surface area contributed by atoms with Gasteiger partial charge < -0.3 is 4.74 Å². The van der Waals surface area contributed by atoms with Crippen LogP contribution in [0.25, 0.3) is 0 Å². The Morgan fingerprint density at radius 3 is 3.00 bits per heavy atom. The number of esters is 1. The fourth-order valence-corrected chi connectivity index (χ4v) is 2.79. The maximum atomic E-state index is 11.8. The highest BCUT2D eigenvalue weighted by Crippen LogP contribution is 2.31. The summed E-state index contributed by atoms with van der Waals surface area (Å²) >= 11 is 0. The number of benzene rings is 1. The summed E-state index contributed by atoms with van der Waals surface area (Å²) in [5.41, 5.74) is 2.74. The number of hydrogen-bond acceptors (Lipinski definition) is 3. The van der Waals surface area contributed by atoms with E-state index in [0.717, 1.165) is 32.1 Å². The van der Waals surface area contributed by atoms with Gasteiger partial charge in [-0.1, -0.05) is 44.0 Å². The number of aryl methyl sites for hydroxylation is 1. The van der Waals surface area contributed by atoms with Crippen LogP contribution in [0.5, 0.6) is 0 Å². The first kappa shape index (κ1) is 14.1. The minimum Gasteiger partial charge on any atom is -0.468 e. The van der Waals surface area contributed by atoms with Crippen molar-refractivity contribution in [3.05, 3.63) is 35.4 Å². The first-order valence-corrected chi connectivity index (χ1v) is 7.18. The van der Waals surface area contributed by atoms with Crippen molar-refractivity contribution in [3.63, 3.8) is 0 Å². The van der Waals surface area contributed by atoms with Gasteiger partial charge in [-0.15, -0.1) is 0 Å². The molecule has 0 saturated carbocycles. The zero-order valence-corrected chi connectivity index (χ0v) is 11.8. The monoisotopic (exact) mass is 261 g/mol. The predicted molar refractivity (Wildman–Crippen MR) is 76.0 cm³/mol. The number of ether oxygens (including phenoxy) is 1. The van der Waals surface area contributed by atoms with Gasteiger partial charge in [0.2, 0.25) is 0 Å². The van der Waals surface area contributed by atoms with Crippen LogP contribution in [0.2, 0.25) is 0 Å². The predicted octanol–water partition coefficient (Wildman–Crippen LogP) is 3.00. The van der Waals surface area contributed by atoms with Crippen LogP contribution in [-0.2, 0) is 16.0 Å². The Hall–Kier alpha value is -1.35. The van der Waals surface area contributed by atoms with Gasteiger partial charge in [0.05, 0.1) is 7.11 Å². The minimum absolute atomic E-state index is 0.141. The van der Waals surface area contributed by atoms with E-state index in [2.05, 4.69) is 36.5 Å². The lowest BCUT2D eigenvalue weighted by molar-refractivity contribution is -0.143. The number of fused-ring (bicyclic) bond motifs is 1. The van der Waals surface area contributed by atoms with Crippen molar-refractivity contribution in [1.29, 1.82) is 0 Å². The Morgan fingerprint density at radius 1 is 1.47 bits per heavy atom. The molecule has 0 bridgehead atoms. The molecule has 0 aromatic heterocycles. The quantitative estimate of drug-likeness (QED) is 0.800. The minimum atomic E-state index is -0.180. The van der Waals surface area contributed by atoms with Crippen molar-refractivity contribution < 1.29 is 9.53 Å². The average molecular weight is 261 g/mol. The largest absolute Gasteiger partial charge is 0.468 e. The molecule has 19 heavy (non-hydrogen) atoms. The average Bonchev–Trinajstić information content (AvgIpc) is 2.86. The van der Waals surface area contributed by atoms with E-state index in [1.807, 2.05) is 0 Å². The third kappa shape index (κ3) is 3.35. The van der Waals surface area contributed by atoms with Crippen molar-refractivity contribution >= 4 is 5.97 Å². The number of hydrogen-bond donors (Lipinski definition) is 1. The number of nitrogens with one attached hydrogen (secondary N) is 1. The van der Waals surface area contributed by atoms with Crippen molar-refractivity contribution in [2.45, 2.75) is 51.1 Å². The van der Waals surface area contributed by atoms with E-state index >= 15 is 0 Å². The van der Waals surface area contributed by atoms with E-state index < -0.39 is 0 Å². The van der Waals surface area contributed by atoms with Crippen LogP contribution in [0.15, 0.2) is 24.3 Å². The maximum absolute atomic E-state index is 11.8. The number of carbonyl (C=O) groups excluding carboxylic acids is 1. The molecule has 104 valence electrons. The Morgan fingerprint density at radius 2 is 2.26 bits per heavy atom. The standard InChI is InChI=1S/C16H23NO2/c1-3-4-9-15(16(18)19-2)17-14-11-10-12-7-5-6-8-13(12)14/h5-8,14-15,17H,3-4,9-11H2,1-2H3. The second-order valence-corrected chi connectivity index (χ2v) is 5.17. The second kappa shape index (κ2) is 6.71. The lowest BCUT2D eigenvalue weighted by atomic mass is 10.0. The molecule has 0 heterocycles. The highest BCUT2D eigenvalue weighted by molar-refractivity contribution is 5.75. The summed E-state index contributed by atoms with van der Waals surface area (Å²) in [6.07, 6.45) is 5.15. The van der Waals surface area contributed by atoms with Gasteiger partial charge in [-0.25, -0.2) is 0 Å². The van der Waals surface area contributed by atoms with Gasteiger partial charge in [-0.3, -0.25) is 10.1 Å². The smallest absolute Gasteiger partial charge is 0.322 e. The van der Waals surface area contributed by atoms with Crippen molar-refractivity contribution in [3.8, 4) is 0 Å². The van der Waals surface area contributed by atoms with Gasteiger partial charge in [0.1, 0.15) is 6.04 Å². The molecule has 0 spiro atoms. The summed E-state index contributed by atoms with van der Waals surface area (Å²) in [4.78, 5) is 11.8. The Labute approximate surface area is 115 Å². The first-order chi connectivity index (χ1) is 9.26. The molecule has 2 atom stereocenters. The van der Waals surface area contributed by atoms with Gasteiger partial charge in [0.15, 0.2) is 0 Å². The summed E-state index contributed by atoms with van der Waals surface area (Å²) in [5.74, 6) is -0.141. The summed E-state index contributed by atoms with van der Waals surface area (Å²) < 4.78 is 4.91. The van der Waals surface area contributed by atoms with Gasteiger partial charge in [-0.2, -0.15) is 0 Å². The Kier molecular flexibility index (Phi) is 4.97. The number of methoxy groups -OCH3 is 1. The van der Waals surface area contributed by atoms with Crippen molar-refractivity contribution in [2.75, 3.05) is 7.11 Å². The molecule has 1 aliphatic carbocycles. The molecule has 3 nitrogen and oxygen atoms in total. The molecule has 2 rings (SSSR count). The van der Waals surface area contributed by atoms with Crippen molar-refractivity contribution in [2.24, 2.45) is 0 Å². The fraction of sp³-hybridized carbons (Fsp3) is 0.562. The van der Waals surface area contributed by atoms with Crippen LogP contribution in [0.3, 0.4) is 0 Å². The third-order valence-corrected chi connectivity index (χ3v) is 3.87. The molecule has 0 aliphatic heterocycles. The van der Waals surface area contributed by atoms with Crippen LogP contribution >= 0.6 is 0 Å². The molecular formula is C16H23NO2. The fourth-order valence-electron chi connectivity index (χ4n) is 2.79. The van der Waals surface area contributed by atoms with Gasteiger partial charge >= 0.3 is 5.97 Å². The zero-order valence-electron chi connectivity index (χ0n) is 11.8. The highest BCUT2D eigenvalue weighted by atomic mass is 16.5. The van der Waals surface area contributed by atoms with Crippen LogP contribution in [0.1, 0.15) is 49.8 Å². The van der Waals surface area contributed by atoms with Gasteiger partial charge in [-0.05, 0) is 30.4 Å². The highest BCUT2D eigenvalue weighted by Gasteiger charge is 2.27. The summed E-state index contributed by atoms with van der Waals surface area (Å²) in [5, 5.41) is 3.48. The Balaban J connectivity index is 2.04.